The zero-order valence-corrected chi connectivity index (χ0v) is 14.9. The van der Waals surface area contributed by atoms with E-state index in [-0.39, 0.29) is 5.91 Å². The summed E-state index contributed by atoms with van der Waals surface area (Å²) >= 11 is 3.43. The van der Waals surface area contributed by atoms with Crippen molar-refractivity contribution in [3.63, 3.8) is 0 Å². The van der Waals surface area contributed by atoms with Gasteiger partial charge in [0.2, 0.25) is 0 Å². The number of hydrogen-bond donors (Lipinski definition) is 1. The minimum absolute atomic E-state index is 0.144. The minimum atomic E-state index is -0.144. The van der Waals surface area contributed by atoms with Gasteiger partial charge in [0.15, 0.2) is 0 Å². The molecule has 0 aliphatic heterocycles. The van der Waals surface area contributed by atoms with Gasteiger partial charge in [-0.1, -0.05) is 44.7 Å². The largest absolute Gasteiger partial charge is 0.488 e. The van der Waals surface area contributed by atoms with Crippen LogP contribution in [-0.2, 0) is 0 Å². The number of anilines is 1. The van der Waals surface area contributed by atoms with Crippen LogP contribution in [0.15, 0.2) is 59.6 Å². The topological polar surface area (TPSA) is 38.3 Å². The molecular weight excluding hydrogens is 354 g/mol. The molecule has 23 heavy (non-hydrogen) atoms. The fourth-order valence-electron chi connectivity index (χ4n) is 2.22. The third kappa shape index (κ3) is 4.45. The Morgan fingerprint density at radius 2 is 2.04 bits per heavy atom. The van der Waals surface area contributed by atoms with Crippen LogP contribution in [0.4, 0.5) is 5.69 Å². The Morgan fingerprint density at radius 1 is 1.30 bits per heavy atom. The monoisotopic (exact) mass is 373 g/mol. The quantitative estimate of drug-likeness (QED) is 0.689. The molecule has 0 spiro atoms. The van der Waals surface area contributed by atoms with E-state index in [0.717, 1.165) is 15.7 Å². The van der Waals surface area contributed by atoms with E-state index in [9.17, 15) is 4.79 Å². The van der Waals surface area contributed by atoms with Crippen molar-refractivity contribution in [3.05, 3.63) is 70.7 Å². The Morgan fingerprint density at radius 3 is 2.70 bits per heavy atom. The molecule has 2 aromatic rings. The standard InChI is InChI=1S/C19H20BrNO2/c1-4-11-23-18-10-9-14(12-16(18)20)19(22)21-17-8-6-5-7-15(17)13(2)3/h4-10,12-13H,1,11H2,2-3H3,(H,21,22). The van der Waals surface area contributed by atoms with E-state index in [0.29, 0.717) is 23.8 Å². The molecule has 0 unspecified atom stereocenters. The number of rotatable bonds is 6. The summed E-state index contributed by atoms with van der Waals surface area (Å²) in [5, 5.41) is 2.98. The van der Waals surface area contributed by atoms with Crippen molar-refractivity contribution in [1.29, 1.82) is 0 Å². The van der Waals surface area contributed by atoms with E-state index < -0.39 is 0 Å². The number of ether oxygens (including phenoxy) is 1. The lowest BCUT2D eigenvalue weighted by atomic mass is 10.0. The SMILES string of the molecule is C=CCOc1ccc(C(=O)Nc2ccccc2C(C)C)cc1Br. The van der Waals surface area contributed by atoms with Gasteiger partial charge in [-0.3, -0.25) is 4.79 Å². The van der Waals surface area contributed by atoms with Gasteiger partial charge >= 0.3 is 0 Å². The van der Waals surface area contributed by atoms with E-state index in [1.165, 1.54) is 0 Å². The highest BCUT2D eigenvalue weighted by molar-refractivity contribution is 9.10. The smallest absolute Gasteiger partial charge is 0.255 e. The molecule has 1 amide bonds. The summed E-state index contributed by atoms with van der Waals surface area (Å²) in [5.41, 5.74) is 2.53. The fraction of sp³-hybridized carbons (Fsp3) is 0.211. The maximum absolute atomic E-state index is 12.5. The molecule has 0 bridgehead atoms. The molecule has 4 heteroatoms. The van der Waals surface area contributed by atoms with Crippen LogP contribution in [0.25, 0.3) is 0 Å². The number of benzene rings is 2. The average molecular weight is 374 g/mol. The number of halogens is 1. The first-order valence-electron chi connectivity index (χ1n) is 7.46. The van der Waals surface area contributed by atoms with Crippen molar-refractivity contribution in [3.8, 4) is 5.75 Å². The van der Waals surface area contributed by atoms with Crippen LogP contribution < -0.4 is 10.1 Å². The summed E-state index contributed by atoms with van der Waals surface area (Å²) in [6.07, 6.45) is 1.68. The third-order valence-electron chi connectivity index (χ3n) is 3.38. The van der Waals surface area contributed by atoms with E-state index in [2.05, 4.69) is 41.7 Å². The normalized spacial score (nSPS) is 10.4. The van der Waals surface area contributed by atoms with Crippen LogP contribution >= 0.6 is 15.9 Å². The van der Waals surface area contributed by atoms with Crippen molar-refractivity contribution in [1.82, 2.24) is 0 Å². The predicted octanol–water partition coefficient (Wildman–Crippen LogP) is 5.39. The number of carbonyl (C=O) groups is 1. The Hall–Kier alpha value is -2.07. The van der Waals surface area contributed by atoms with Crippen LogP contribution in [0.3, 0.4) is 0 Å². The van der Waals surface area contributed by atoms with Gasteiger partial charge in [0.05, 0.1) is 4.47 Å². The summed E-state index contributed by atoms with van der Waals surface area (Å²) in [6.45, 7) is 8.25. The molecule has 0 heterocycles. The summed E-state index contributed by atoms with van der Waals surface area (Å²) in [7, 11) is 0. The molecule has 0 saturated heterocycles. The second kappa shape index (κ2) is 7.97. The van der Waals surface area contributed by atoms with Gasteiger partial charge in [-0.15, -0.1) is 0 Å². The maximum Gasteiger partial charge on any atom is 0.255 e. The number of nitrogens with one attached hydrogen (secondary N) is 1. The first-order valence-corrected chi connectivity index (χ1v) is 8.25. The number of carbonyl (C=O) groups excluding carboxylic acids is 1. The summed E-state index contributed by atoms with van der Waals surface area (Å²) in [4.78, 5) is 12.5. The van der Waals surface area contributed by atoms with Gasteiger partial charge in [-0.05, 0) is 51.7 Å². The first-order chi connectivity index (χ1) is 11.0. The van der Waals surface area contributed by atoms with Crippen LogP contribution in [-0.4, -0.2) is 12.5 Å². The van der Waals surface area contributed by atoms with E-state index >= 15 is 0 Å². The van der Waals surface area contributed by atoms with Gasteiger partial charge < -0.3 is 10.1 Å². The van der Waals surface area contributed by atoms with Gasteiger partial charge in [-0.25, -0.2) is 0 Å². The number of amides is 1. The molecule has 3 nitrogen and oxygen atoms in total. The molecule has 0 aliphatic carbocycles. The second-order valence-electron chi connectivity index (χ2n) is 5.44. The lowest BCUT2D eigenvalue weighted by molar-refractivity contribution is 0.102. The zero-order chi connectivity index (χ0) is 16.8. The zero-order valence-electron chi connectivity index (χ0n) is 13.3. The molecule has 0 fully saturated rings. The lowest BCUT2D eigenvalue weighted by Gasteiger charge is -2.14. The molecule has 1 N–H and O–H groups in total. The first kappa shape index (κ1) is 17.3. The van der Waals surface area contributed by atoms with Gasteiger partial charge in [0, 0.05) is 11.3 Å². The van der Waals surface area contributed by atoms with E-state index in [1.54, 1.807) is 24.3 Å². The lowest BCUT2D eigenvalue weighted by Crippen LogP contribution is -2.13. The molecule has 0 atom stereocenters. The highest BCUT2D eigenvalue weighted by Gasteiger charge is 2.12. The molecule has 0 aromatic heterocycles. The molecule has 2 rings (SSSR count). The third-order valence-corrected chi connectivity index (χ3v) is 4.00. The van der Waals surface area contributed by atoms with Crippen LogP contribution in [0.1, 0.15) is 35.7 Å². The number of para-hydroxylation sites is 1. The van der Waals surface area contributed by atoms with Crippen molar-refractivity contribution >= 4 is 27.5 Å². The van der Waals surface area contributed by atoms with Gasteiger partial charge in [-0.2, -0.15) is 0 Å². The molecule has 2 aromatic carbocycles. The summed E-state index contributed by atoms with van der Waals surface area (Å²) < 4.78 is 6.23. The molecular formula is C19H20BrNO2. The van der Waals surface area contributed by atoms with Crippen molar-refractivity contribution in [2.24, 2.45) is 0 Å². The van der Waals surface area contributed by atoms with Crippen LogP contribution in [0, 0.1) is 0 Å². The highest BCUT2D eigenvalue weighted by atomic mass is 79.9. The molecule has 0 radical (unpaired) electrons. The van der Waals surface area contributed by atoms with Crippen LogP contribution in [0.5, 0.6) is 5.75 Å². The van der Waals surface area contributed by atoms with Crippen molar-refractivity contribution in [2.75, 3.05) is 11.9 Å². The van der Waals surface area contributed by atoms with Crippen LogP contribution in [0.2, 0.25) is 0 Å². The van der Waals surface area contributed by atoms with E-state index in [4.69, 9.17) is 4.74 Å². The summed E-state index contributed by atoms with van der Waals surface area (Å²) in [5.74, 6) is 0.881. The fourth-order valence-corrected chi connectivity index (χ4v) is 2.71. The predicted molar refractivity (Wildman–Crippen MR) is 98.3 cm³/mol. The maximum atomic E-state index is 12.5. The molecule has 0 saturated carbocycles. The second-order valence-corrected chi connectivity index (χ2v) is 6.30. The minimum Gasteiger partial charge on any atom is -0.488 e. The summed E-state index contributed by atoms with van der Waals surface area (Å²) in [6, 6.07) is 13.1. The highest BCUT2D eigenvalue weighted by Crippen LogP contribution is 2.28. The van der Waals surface area contributed by atoms with Crippen molar-refractivity contribution in [2.45, 2.75) is 19.8 Å². The Kier molecular flexibility index (Phi) is 5.99. The molecule has 0 aliphatic rings. The average Bonchev–Trinajstić information content (AvgIpc) is 2.54. The Balaban J connectivity index is 2.18. The van der Waals surface area contributed by atoms with Gasteiger partial charge in [0.25, 0.3) is 5.91 Å². The van der Waals surface area contributed by atoms with E-state index in [1.807, 2.05) is 24.3 Å². The molecule has 120 valence electrons. The Bertz CT molecular complexity index is 710. The van der Waals surface area contributed by atoms with Crippen molar-refractivity contribution < 1.29 is 9.53 Å². The number of hydrogen-bond acceptors (Lipinski definition) is 2. The van der Waals surface area contributed by atoms with Gasteiger partial charge in [0.1, 0.15) is 12.4 Å². The Labute approximate surface area is 145 Å².